The van der Waals surface area contributed by atoms with Gasteiger partial charge in [-0.25, -0.2) is 0 Å². The molecule has 1 N–H and O–H groups in total. The molecule has 1 heterocycles. The zero-order chi connectivity index (χ0) is 12.0. The third kappa shape index (κ3) is 5.33. The van der Waals surface area contributed by atoms with Crippen LogP contribution in [0.5, 0.6) is 0 Å². The van der Waals surface area contributed by atoms with Gasteiger partial charge in [-0.15, -0.1) is 11.3 Å². The molecule has 1 rings (SSSR count). The zero-order valence-corrected chi connectivity index (χ0v) is 12.0. The maximum atomic E-state index is 5.94. The molecule has 0 aliphatic heterocycles. The van der Waals surface area contributed by atoms with Crippen LogP contribution in [-0.2, 0) is 6.42 Å². The second kappa shape index (κ2) is 6.63. The molecule has 0 aromatic carbocycles. The average Bonchev–Trinajstić information content (AvgIpc) is 2.58. The number of thiophene rings is 1. The normalized spacial score (nSPS) is 12.0. The van der Waals surface area contributed by atoms with Crippen LogP contribution in [0.3, 0.4) is 0 Å². The standard InChI is InChI=1S/C13H22ClNS/c1-4-8-15-9-7-13(2,3)10-11-5-6-12(14)16-11/h5-6,15H,4,7-10H2,1-3H3. The van der Waals surface area contributed by atoms with Crippen molar-refractivity contribution in [3.63, 3.8) is 0 Å². The Hall–Kier alpha value is -0.0500. The van der Waals surface area contributed by atoms with E-state index in [0.717, 1.165) is 23.8 Å². The number of rotatable bonds is 7. The van der Waals surface area contributed by atoms with E-state index in [-0.39, 0.29) is 0 Å². The predicted molar refractivity (Wildman–Crippen MR) is 74.6 cm³/mol. The van der Waals surface area contributed by atoms with Crippen molar-refractivity contribution in [2.75, 3.05) is 13.1 Å². The smallest absolute Gasteiger partial charge is 0.0931 e. The first kappa shape index (κ1) is 14.0. The van der Waals surface area contributed by atoms with Crippen LogP contribution in [0.2, 0.25) is 4.34 Å². The fourth-order valence-corrected chi connectivity index (χ4v) is 3.08. The van der Waals surface area contributed by atoms with Crippen molar-refractivity contribution in [1.82, 2.24) is 5.32 Å². The van der Waals surface area contributed by atoms with Gasteiger partial charge in [0.2, 0.25) is 0 Å². The molecule has 0 aliphatic rings. The largest absolute Gasteiger partial charge is 0.317 e. The van der Waals surface area contributed by atoms with Gasteiger partial charge in [0.1, 0.15) is 0 Å². The Morgan fingerprint density at radius 3 is 2.62 bits per heavy atom. The van der Waals surface area contributed by atoms with E-state index in [0.29, 0.717) is 5.41 Å². The molecule has 0 radical (unpaired) electrons. The van der Waals surface area contributed by atoms with Gasteiger partial charge in [-0.05, 0) is 49.9 Å². The van der Waals surface area contributed by atoms with Crippen LogP contribution in [0.1, 0.15) is 38.5 Å². The molecule has 0 aliphatic carbocycles. The van der Waals surface area contributed by atoms with Crippen LogP contribution in [0.4, 0.5) is 0 Å². The van der Waals surface area contributed by atoms with Crippen LogP contribution in [-0.4, -0.2) is 13.1 Å². The molecule has 1 aromatic rings. The van der Waals surface area contributed by atoms with Crippen LogP contribution in [0.15, 0.2) is 12.1 Å². The number of nitrogens with one attached hydrogen (secondary N) is 1. The first-order valence-electron chi connectivity index (χ1n) is 5.98. The summed E-state index contributed by atoms with van der Waals surface area (Å²) in [6.07, 6.45) is 3.54. The van der Waals surface area contributed by atoms with Crippen molar-refractivity contribution < 1.29 is 0 Å². The Kier molecular flexibility index (Phi) is 5.81. The number of hydrogen-bond donors (Lipinski definition) is 1. The van der Waals surface area contributed by atoms with E-state index in [1.54, 1.807) is 11.3 Å². The summed E-state index contributed by atoms with van der Waals surface area (Å²) in [5.74, 6) is 0. The molecule has 16 heavy (non-hydrogen) atoms. The maximum Gasteiger partial charge on any atom is 0.0931 e. The van der Waals surface area contributed by atoms with E-state index >= 15 is 0 Å². The molecule has 0 fully saturated rings. The van der Waals surface area contributed by atoms with E-state index in [1.165, 1.54) is 17.7 Å². The monoisotopic (exact) mass is 259 g/mol. The summed E-state index contributed by atoms with van der Waals surface area (Å²) in [5, 5.41) is 3.46. The highest BCUT2D eigenvalue weighted by atomic mass is 35.5. The van der Waals surface area contributed by atoms with Gasteiger partial charge >= 0.3 is 0 Å². The molecule has 92 valence electrons. The SMILES string of the molecule is CCCNCCC(C)(C)Cc1ccc(Cl)s1. The topological polar surface area (TPSA) is 12.0 Å². The van der Waals surface area contributed by atoms with Crippen molar-refractivity contribution in [3.8, 4) is 0 Å². The van der Waals surface area contributed by atoms with E-state index < -0.39 is 0 Å². The highest BCUT2D eigenvalue weighted by molar-refractivity contribution is 7.16. The molecule has 1 aromatic heterocycles. The maximum absolute atomic E-state index is 5.94. The minimum absolute atomic E-state index is 0.356. The molecule has 0 saturated carbocycles. The van der Waals surface area contributed by atoms with E-state index in [4.69, 9.17) is 11.6 Å². The Morgan fingerprint density at radius 2 is 2.06 bits per heavy atom. The summed E-state index contributed by atoms with van der Waals surface area (Å²) in [4.78, 5) is 1.39. The van der Waals surface area contributed by atoms with Gasteiger partial charge in [-0.1, -0.05) is 32.4 Å². The Balaban J connectivity index is 2.33. The molecule has 0 unspecified atom stereocenters. The number of halogens is 1. The lowest BCUT2D eigenvalue weighted by atomic mass is 9.85. The first-order valence-corrected chi connectivity index (χ1v) is 7.18. The quantitative estimate of drug-likeness (QED) is 0.718. The van der Waals surface area contributed by atoms with Gasteiger partial charge in [0.25, 0.3) is 0 Å². The fourth-order valence-electron chi connectivity index (χ4n) is 1.74. The van der Waals surface area contributed by atoms with Crippen molar-refractivity contribution in [1.29, 1.82) is 0 Å². The average molecular weight is 260 g/mol. The summed E-state index contributed by atoms with van der Waals surface area (Å²) in [6.45, 7) is 9.09. The van der Waals surface area contributed by atoms with Crippen molar-refractivity contribution in [3.05, 3.63) is 21.3 Å². The van der Waals surface area contributed by atoms with Crippen LogP contribution in [0, 0.1) is 5.41 Å². The molecule has 0 amide bonds. The van der Waals surface area contributed by atoms with Crippen molar-refractivity contribution in [2.24, 2.45) is 5.41 Å². The summed E-state index contributed by atoms with van der Waals surface area (Å²) < 4.78 is 0.898. The molecule has 0 spiro atoms. The van der Waals surface area contributed by atoms with Gasteiger partial charge in [-0.2, -0.15) is 0 Å². The highest BCUT2D eigenvalue weighted by Gasteiger charge is 2.18. The predicted octanol–water partition coefficient (Wildman–Crippen LogP) is 4.36. The molecule has 1 nitrogen and oxygen atoms in total. The molecule has 3 heteroatoms. The fraction of sp³-hybridized carbons (Fsp3) is 0.692. The minimum Gasteiger partial charge on any atom is -0.317 e. The van der Waals surface area contributed by atoms with E-state index in [1.807, 2.05) is 6.07 Å². The second-order valence-corrected chi connectivity index (χ2v) is 6.85. The van der Waals surface area contributed by atoms with E-state index in [2.05, 4.69) is 32.2 Å². The van der Waals surface area contributed by atoms with Gasteiger partial charge in [0.15, 0.2) is 0 Å². The Bertz CT molecular complexity index is 307. The van der Waals surface area contributed by atoms with Crippen LogP contribution in [0.25, 0.3) is 0 Å². The lowest BCUT2D eigenvalue weighted by molar-refractivity contribution is 0.328. The third-order valence-electron chi connectivity index (χ3n) is 2.69. The molecular formula is C13H22ClNS. The van der Waals surface area contributed by atoms with Gasteiger partial charge in [-0.3, -0.25) is 0 Å². The highest BCUT2D eigenvalue weighted by Crippen LogP contribution is 2.30. The summed E-state index contributed by atoms with van der Waals surface area (Å²) in [6, 6.07) is 4.14. The van der Waals surface area contributed by atoms with Crippen LogP contribution >= 0.6 is 22.9 Å². The minimum atomic E-state index is 0.356. The number of hydrogen-bond acceptors (Lipinski definition) is 2. The van der Waals surface area contributed by atoms with Crippen molar-refractivity contribution in [2.45, 2.75) is 40.0 Å². The van der Waals surface area contributed by atoms with Gasteiger partial charge in [0.05, 0.1) is 4.34 Å². The van der Waals surface area contributed by atoms with Crippen molar-refractivity contribution >= 4 is 22.9 Å². The summed E-state index contributed by atoms with van der Waals surface area (Å²) in [5.41, 5.74) is 0.356. The van der Waals surface area contributed by atoms with Crippen LogP contribution < -0.4 is 5.32 Å². The second-order valence-electron chi connectivity index (χ2n) is 5.05. The van der Waals surface area contributed by atoms with Gasteiger partial charge < -0.3 is 5.32 Å². The summed E-state index contributed by atoms with van der Waals surface area (Å²) >= 11 is 7.64. The van der Waals surface area contributed by atoms with Gasteiger partial charge in [0, 0.05) is 4.88 Å². The molecular weight excluding hydrogens is 238 g/mol. The molecule has 0 saturated heterocycles. The molecule has 0 bridgehead atoms. The lowest BCUT2D eigenvalue weighted by Gasteiger charge is -2.24. The first-order chi connectivity index (χ1) is 7.53. The Morgan fingerprint density at radius 1 is 1.31 bits per heavy atom. The third-order valence-corrected chi connectivity index (χ3v) is 3.92. The molecule has 0 atom stereocenters. The summed E-state index contributed by atoms with van der Waals surface area (Å²) in [7, 11) is 0. The lowest BCUT2D eigenvalue weighted by Crippen LogP contribution is -2.24. The Labute approximate surface area is 108 Å². The van der Waals surface area contributed by atoms with E-state index in [9.17, 15) is 0 Å². The zero-order valence-electron chi connectivity index (χ0n) is 10.5.